The van der Waals surface area contributed by atoms with Gasteiger partial charge in [-0.15, -0.1) is 10.2 Å². The molecule has 0 radical (unpaired) electrons. The minimum Gasteiger partial charge on any atom is -0.318 e. The molecule has 0 aliphatic carbocycles. The molecule has 1 aliphatic heterocycles. The van der Waals surface area contributed by atoms with Crippen LogP contribution in [0, 0.1) is 6.92 Å². The van der Waals surface area contributed by atoms with E-state index in [4.69, 9.17) is 0 Å². The molecule has 7 nitrogen and oxygen atoms in total. The average molecular weight is 305 g/mol. The molecule has 1 fully saturated rings. The van der Waals surface area contributed by atoms with Crippen LogP contribution in [0.15, 0.2) is 0 Å². The zero-order chi connectivity index (χ0) is 13.9. The van der Waals surface area contributed by atoms with Crippen LogP contribution >= 0.6 is 11.3 Å². The van der Waals surface area contributed by atoms with Crippen LogP contribution in [0.5, 0.6) is 0 Å². The van der Waals surface area contributed by atoms with Crippen molar-refractivity contribution in [2.24, 2.45) is 0 Å². The van der Waals surface area contributed by atoms with Crippen molar-refractivity contribution >= 4 is 26.7 Å². The topological polar surface area (TPSA) is 87.2 Å². The SMILES string of the molecule is CNCC1CCCCN1S(=O)(=O)Nc1nnc(C)s1. The second-order valence-electron chi connectivity index (χ2n) is 4.55. The Morgan fingerprint density at radius 3 is 2.84 bits per heavy atom. The van der Waals surface area contributed by atoms with Gasteiger partial charge in [-0.05, 0) is 26.8 Å². The molecule has 0 amide bonds. The summed E-state index contributed by atoms with van der Waals surface area (Å²) in [4.78, 5) is 0. The number of piperidine rings is 1. The maximum atomic E-state index is 12.4. The van der Waals surface area contributed by atoms with Crippen LogP contribution < -0.4 is 10.0 Å². The first-order valence-electron chi connectivity index (χ1n) is 6.27. The number of nitrogens with one attached hydrogen (secondary N) is 2. The molecule has 1 aromatic rings. The van der Waals surface area contributed by atoms with Crippen molar-refractivity contribution in [2.75, 3.05) is 24.9 Å². The van der Waals surface area contributed by atoms with E-state index in [1.54, 1.807) is 6.92 Å². The third kappa shape index (κ3) is 3.62. The largest absolute Gasteiger partial charge is 0.318 e. The highest BCUT2D eigenvalue weighted by Crippen LogP contribution is 2.23. The van der Waals surface area contributed by atoms with E-state index < -0.39 is 10.2 Å². The lowest BCUT2D eigenvalue weighted by Gasteiger charge is -2.34. The van der Waals surface area contributed by atoms with Crippen LogP contribution in [0.4, 0.5) is 5.13 Å². The number of hydrogen-bond donors (Lipinski definition) is 2. The highest BCUT2D eigenvalue weighted by molar-refractivity contribution is 7.90. The molecule has 2 N–H and O–H groups in total. The summed E-state index contributed by atoms with van der Waals surface area (Å²) in [6.07, 6.45) is 2.85. The van der Waals surface area contributed by atoms with Crippen LogP contribution in [-0.4, -0.2) is 49.1 Å². The van der Waals surface area contributed by atoms with Crippen molar-refractivity contribution in [1.29, 1.82) is 0 Å². The maximum Gasteiger partial charge on any atom is 0.303 e. The number of hydrogen-bond acceptors (Lipinski definition) is 6. The molecule has 0 spiro atoms. The summed E-state index contributed by atoms with van der Waals surface area (Å²) >= 11 is 1.24. The number of likely N-dealkylation sites (N-methyl/N-ethyl adjacent to an activating group) is 1. The van der Waals surface area contributed by atoms with Crippen LogP contribution in [0.1, 0.15) is 24.3 Å². The Morgan fingerprint density at radius 2 is 2.21 bits per heavy atom. The van der Waals surface area contributed by atoms with Gasteiger partial charge in [0.05, 0.1) is 0 Å². The van der Waals surface area contributed by atoms with E-state index in [1.807, 2.05) is 7.05 Å². The molecule has 0 saturated carbocycles. The lowest BCUT2D eigenvalue weighted by molar-refractivity contribution is 0.250. The Kier molecular flexibility index (Phi) is 4.71. The van der Waals surface area contributed by atoms with Gasteiger partial charge in [0.15, 0.2) is 0 Å². The van der Waals surface area contributed by atoms with E-state index in [1.165, 1.54) is 15.6 Å². The molecule has 9 heteroatoms. The van der Waals surface area contributed by atoms with Crippen LogP contribution in [-0.2, 0) is 10.2 Å². The lowest BCUT2D eigenvalue weighted by Crippen LogP contribution is -2.49. The van der Waals surface area contributed by atoms with Crippen molar-refractivity contribution in [3.63, 3.8) is 0 Å². The maximum absolute atomic E-state index is 12.4. The second kappa shape index (κ2) is 6.12. The molecule has 1 atom stereocenters. The quantitative estimate of drug-likeness (QED) is 0.831. The molecule has 0 aromatic carbocycles. The van der Waals surface area contributed by atoms with Gasteiger partial charge in [0.1, 0.15) is 5.01 Å². The van der Waals surface area contributed by atoms with E-state index in [9.17, 15) is 8.42 Å². The van der Waals surface area contributed by atoms with Crippen molar-refractivity contribution < 1.29 is 8.42 Å². The van der Waals surface area contributed by atoms with Gasteiger partial charge in [-0.2, -0.15) is 12.7 Å². The molecule has 1 aromatic heterocycles. The molecule has 0 bridgehead atoms. The molecule has 2 rings (SSSR count). The molecule has 1 aliphatic rings. The minimum absolute atomic E-state index is 0.00488. The monoisotopic (exact) mass is 305 g/mol. The summed E-state index contributed by atoms with van der Waals surface area (Å²) in [5.74, 6) is 0. The minimum atomic E-state index is -3.54. The zero-order valence-electron chi connectivity index (χ0n) is 11.1. The van der Waals surface area contributed by atoms with Gasteiger partial charge in [-0.25, -0.2) is 4.72 Å². The first-order chi connectivity index (χ1) is 9.03. The molecular formula is C10H19N5O2S2. The number of aromatic nitrogens is 2. The van der Waals surface area contributed by atoms with E-state index in [-0.39, 0.29) is 6.04 Å². The second-order valence-corrected chi connectivity index (χ2v) is 7.36. The summed E-state index contributed by atoms with van der Waals surface area (Å²) < 4.78 is 28.8. The molecule has 1 unspecified atom stereocenters. The average Bonchev–Trinajstić information content (AvgIpc) is 2.75. The third-order valence-electron chi connectivity index (χ3n) is 3.06. The summed E-state index contributed by atoms with van der Waals surface area (Å²) in [6, 6.07) is 0.00488. The number of anilines is 1. The highest BCUT2D eigenvalue weighted by Gasteiger charge is 2.32. The van der Waals surface area contributed by atoms with Crippen molar-refractivity contribution in [3.8, 4) is 0 Å². The fraction of sp³-hybridized carbons (Fsp3) is 0.800. The zero-order valence-corrected chi connectivity index (χ0v) is 12.7. The first kappa shape index (κ1) is 14.6. The van der Waals surface area contributed by atoms with Crippen LogP contribution in [0.3, 0.4) is 0 Å². The van der Waals surface area contributed by atoms with E-state index in [0.717, 1.165) is 24.3 Å². The number of nitrogens with zero attached hydrogens (tertiary/aromatic N) is 3. The molecule has 1 saturated heterocycles. The predicted octanol–water partition coefficient (Wildman–Crippen LogP) is 0.577. The fourth-order valence-corrected chi connectivity index (χ4v) is 4.48. The highest BCUT2D eigenvalue weighted by atomic mass is 32.2. The van der Waals surface area contributed by atoms with Gasteiger partial charge in [-0.1, -0.05) is 17.8 Å². The van der Waals surface area contributed by atoms with Crippen LogP contribution in [0.2, 0.25) is 0 Å². The van der Waals surface area contributed by atoms with Gasteiger partial charge < -0.3 is 5.32 Å². The van der Waals surface area contributed by atoms with Gasteiger partial charge in [0, 0.05) is 19.1 Å². The molecule has 108 valence electrons. The molecule has 2 heterocycles. The molecular weight excluding hydrogens is 286 g/mol. The number of rotatable bonds is 5. The third-order valence-corrected chi connectivity index (χ3v) is 5.50. The van der Waals surface area contributed by atoms with Crippen molar-refractivity contribution in [1.82, 2.24) is 19.8 Å². The van der Waals surface area contributed by atoms with Gasteiger partial charge in [-0.3, -0.25) is 0 Å². The van der Waals surface area contributed by atoms with Crippen molar-refractivity contribution in [2.45, 2.75) is 32.2 Å². The van der Waals surface area contributed by atoms with Crippen molar-refractivity contribution in [3.05, 3.63) is 5.01 Å². The summed E-state index contributed by atoms with van der Waals surface area (Å²) in [6.45, 7) is 3.01. The fourth-order valence-electron chi connectivity index (χ4n) is 2.24. The first-order valence-corrected chi connectivity index (χ1v) is 8.53. The predicted molar refractivity (Wildman–Crippen MR) is 75.5 cm³/mol. The Balaban J connectivity index is 2.12. The normalized spacial score (nSPS) is 21.5. The Bertz CT molecular complexity index is 514. The molecule has 19 heavy (non-hydrogen) atoms. The Labute approximate surface area is 117 Å². The summed E-state index contributed by atoms with van der Waals surface area (Å²) in [5.41, 5.74) is 0. The summed E-state index contributed by atoms with van der Waals surface area (Å²) in [5, 5.41) is 11.7. The smallest absolute Gasteiger partial charge is 0.303 e. The van der Waals surface area contributed by atoms with Gasteiger partial charge in [0.2, 0.25) is 5.13 Å². The Hall–Kier alpha value is -0.770. The van der Waals surface area contributed by atoms with Crippen LogP contribution in [0.25, 0.3) is 0 Å². The number of aryl methyl sites for hydroxylation is 1. The summed E-state index contributed by atoms with van der Waals surface area (Å²) in [7, 11) is -1.71. The van der Waals surface area contributed by atoms with E-state index >= 15 is 0 Å². The lowest BCUT2D eigenvalue weighted by atomic mass is 10.1. The van der Waals surface area contributed by atoms with E-state index in [0.29, 0.717) is 18.2 Å². The van der Waals surface area contributed by atoms with Gasteiger partial charge >= 0.3 is 10.2 Å². The van der Waals surface area contributed by atoms with E-state index in [2.05, 4.69) is 20.2 Å². The van der Waals surface area contributed by atoms with Gasteiger partial charge in [0.25, 0.3) is 0 Å². The standard InChI is InChI=1S/C10H19N5O2S2/c1-8-12-13-10(18-8)14-19(16,17)15-6-4-3-5-9(15)7-11-2/h9,11H,3-7H2,1-2H3,(H,13,14). The Morgan fingerprint density at radius 1 is 1.42 bits per heavy atom.